The molecule has 3 amide bonds. The summed E-state index contributed by atoms with van der Waals surface area (Å²) in [4.78, 5) is 40.8. The number of nitrogens with one attached hydrogen (secondary N) is 2. The van der Waals surface area contributed by atoms with E-state index in [0.717, 1.165) is 4.70 Å². The van der Waals surface area contributed by atoms with Gasteiger partial charge in [0.05, 0.1) is 17.0 Å². The highest BCUT2D eigenvalue weighted by molar-refractivity contribution is 7.17. The van der Waals surface area contributed by atoms with Gasteiger partial charge in [-0.2, -0.15) is 28.6 Å². The van der Waals surface area contributed by atoms with Crippen LogP contribution in [0, 0.1) is 45.5 Å². The summed E-state index contributed by atoms with van der Waals surface area (Å²) in [6, 6.07) is -1.75. The number of aromatic nitrogens is 2. The Morgan fingerprint density at radius 3 is 2.40 bits per heavy atom. The lowest BCUT2D eigenvalue weighted by Gasteiger charge is -2.37. The number of nitrogens with zero attached hydrogens (tertiary/aromatic N) is 4. The highest BCUT2D eigenvalue weighted by Gasteiger charge is 2.70. The van der Waals surface area contributed by atoms with Crippen LogP contribution in [-0.2, 0) is 14.4 Å². The normalized spacial score (nSPS) is 22.5. The van der Waals surface area contributed by atoms with Crippen molar-refractivity contribution >= 4 is 47.2 Å². The fourth-order valence-electron chi connectivity index (χ4n) is 5.70. The fourth-order valence-corrected chi connectivity index (χ4v) is 7.08. The van der Waals surface area contributed by atoms with E-state index in [0.29, 0.717) is 10.9 Å². The van der Waals surface area contributed by atoms with Gasteiger partial charge in [-0.05, 0) is 22.7 Å². The Hall–Kier alpha value is -3.49. The lowest BCUT2D eigenvalue weighted by molar-refractivity contribution is -0.176. The van der Waals surface area contributed by atoms with Crippen molar-refractivity contribution in [1.29, 1.82) is 5.26 Å². The van der Waals surface area contributed by atoms with E-state index >= 15 is 0 Å². The molecule has 2 N–H and O–H groups in total. The Morgan fingerprint density at radius 2 is 1.84 bits per heavy atom. The number of piperidine rings is 1. The van der Waals surface area contributed by atoms with E-state index < -0.39 is 55.5 Å². The number of alkyl halides is 3. The van der Waals surface area contributed by atoms with Crippen molar-refractivity contribution in [3.05, 3.63) is 22.8 Å². The van der Waals surface area contributed by atoms with E-state index in [9.17, 15) is 32.8 Å². The molecule has 43 heavy (non-hydrogen) atoms. The van der Waals surface area contributed by atoms with Crippen LogP contribution >= 0.6 is 11.3 Å². The molecular weight excluding hydrogens is 598 g/mol. The number of thiophene rings is 1. The van der Waals surface area contributed by atoms with Crippen molar-refractivity contribution < 1.29 is 27.6 Å². The molecule has 0 spiro atoms. The van der Waals surface area contributed by atoms with E-state index in [-0.39, 0.29) is 29.5 Å². The summed E-state index contributed by atoms with van der Waals surface area (Å²) in [5.41, 5.74) is 2.81. The van der Waals surface area contributed by atoms with Crippen LogP contribution in [0.25, 0.3) is 10.1 Å². The van der Waals surface area contributed by atoms with Crippen molar-refractivity contribution in [2.75, 3.05) is 6.54 Å². The van der Waals surface area contributed by atoms with Crippen LogP contribution in [0.5, 0.6) is 0 Å². The van der Waals surface area contributed by atoms with Crippen molar-refractivity contribution in [2.24, 2.45) is 22.7 Å². The monoisotopic (exact) mass is 632 g/mol. The minimum atomic E-state index is -5.18. The maximum Gasteiger partial charge on any atom is 0.471 e. The second-order valence-electron chi connectivity index (χ2n) is 13.8. The van der Waals surface area contributed by atoms with E-state index in [1.807, 2.05) is 24.5 Å². The lowest BCUT2D eigenvalue weighted by atomic mass is 9.85. The van der Waals surface area contributed by atoms with Gasteiger partial charge in [0.2, 0.25) is 11.8 Å². The van der Waals surface area contributed by atoms with Crippen LogP contribution in [-0.4, -0.2) is 65.7 Å². The van der Waals surface area contributed by atoms with Gasteiger partial charge < -0.3 is 15.5 Å². The molecule has 9 nitrogen and oxygen atoms in total. The third-order valence-electron chi connectivity index (χ3n) is 8.08. The first kappa shape index (κ1) is 32.4. The number of carbonyl (C=O) groups excluding carboxylic acids is 3. The first-order valence-electron chi connectivity index (χ1n) is 13.8. The summed E-state index contributed by atoms with van der Waals surface area (Å²) >= 11 is 1.39. The molecular formula is C29H35F3N6O3SSi. The molecule has 1 unspecified atom stereocenters. The zero-order valence-corrected chi connectivity index (χ0v) is 27.1. The van der Waals surface area contributed by atoms with Crippen LogP contribution in [0.4, 0.5) is 13.2 Å². The average molecular weight is 633 g/mol. The maximum absolute atomic E-state index is 13.9. The van der Waals surface area contributed by atoms with Crippen LogP contribution in [0.2, 0.25) is 19.6 Å². The number of nitriles is 1. The number of halogens is 3. The van der Waals surface area contributed by atoms with Crippen molar-refractivity contribution in [2.45, 2.75) is 78.6 Å². The van der Waals surface area contributed by atoms with E-state index in [1.54, 1.807) is 6.20 Å². The number of carbonyl (C=O) groups is 3. The van der Waals surface area contributed by atoms with Gasteiger partial charge in [0.25, 0.3) is 0 Å². The minimum absolute atomic E-state index is 0.0739. The fraction of sp³-hybridized carbons (Fsp3) is 0.586. The minimum Gasteiger partial charge on any atom is -0.336 e. The molecule has 2 fully saturated rings. The predicted octanol–water partition coefficient (Wildman–Crippen LogP) is 4.18. The molecule has 14 heteroatoms. The average Bonchev–Trinajstić information content (AvgIpc) is 3.25. The van der Waals surface area contributed by atoms with Gasteiger partial charge in [-0.1, -0.05) is 60.2 Å². The number of rotatable bonds is 5. The summed E-state index contributed by atoms with van der Waals surface area (Å²) in [5.74, 6) is -0.801. The van der Waals surface area contributed by atoms with Gasteiger partial charge in [-0.25, -0.2) is 0 Å². The first-order valence-corrected chi connectivity index (χ1v) is 18.2. The molecule has 2 aromatic heterocycles. The van der Waals surface area contributed by atoms with Crippen LogP contribution < -0.4 is 10.6 Å². The third kappa shape index (κ3) is 6.41. The van der Waals surface area contributed by atoms with E-state index in [4.69, 9.17) is 0 Å². The molecule has 2 aliphatic rings. The second-order valence-corrected chi connectivity index (χ2v) is 19.5. The van der Waals surface area contributed by atoms with Gasteiger partial charge in [0, 0.05) is 22.9 Å². The number of hydrogen-bond acceptors (Lipinski definition) is 7. The molecule has 230 valence electrons. The molecule has 1 saturated carbocycles. The molecule has 1 aliphatic carbocycles. The number of amides is 3. The molecule has 0 radical (unpaired) electrons. The quantitative estimate of drug-likeness (QED) is 0.376. The Kier molecular flexibility index (Phi) is 8.22. The maximum atomic E-state index is 13.9. The summed E-state index contributed by atoms with van der Waals surface area (Å²) < 4.78 is 40.1. The van der Waals surface area contributed by atoms with Crippen LogP contribution in [0.1, 0.15) is 51.9 Å². The van der Waals surface area contributed by atoms with Crippen LogP contribution in [0.15, 0.2) is 11.6 Å². The molecule has 5 atom stereocenters. The Morgan fingerprint density at radius 1 is 1.19 bits per heavy atom. The zero-order chi connectivity index (χ0) is 32.3. The van der Waals surface area contributed by atoms with Gasteiger partial charge in [-0.3, -0.25) is 14.4 Å². The van der Waals surface area contributed by atoms with Crippen molar-refractivity contribution in [3.8, 4) is 17.5 Å². The summed E-state index contributed by atoms with van der Waals surface area (Å²) in [5, 5.41) is 25.4. The van der Waals surface area contributed by atoms with Gasteiger partial charge in [-0.15, -0.1) is 16.9 Å². The largest absolute Gasteiger partial charge is 0.471 e. The third-order valence-corrected chi connectivity index (χ3v) is 9.88. The highest BCUT2D eigenvalue weighted by Crippen LogP contribution is 2.65. The summed E-state index contributed by atoms with van der Waals surface area (Å²) in [6.45, 7) is 15.0. The topological polar surface area (TPSA) is 128 Å². The molecule has 4 rings (SSSR count). The molecule has 2 aromatic rings. The van der Waals surface area contributed by atoms with Gasteiger partial charge in [0.1, 0.15) is 25.9 Å². The molecule has 0 aromatic carbocycles. The van der Waals surface area contributed by atoms with Crippen LogP contribution in [0.3, 0.4) is 0 Å². The number of hydrogen-bond donors (Lipinski definition) is 2. The zero-order valence-electron chi connectivity index (χ0n) is 25.3. The predicted molar refractivity (Wildman–Crippen MR) is 158 cm³/mol. The second kappa shape index (κ2) is 10.9. The smallest absolute Gasteiger partial charge is 0.336 e. The first-order chi connectivity index (χ1) is 19.7. The number of likely N-dealkylation sites (tertiary alicyclic amines) is 1. The van der Waals surface area contributed by atoms with Crippen molar-refractivity contribution in [3.63, 3.8) is 0 Å². The Balaban J connectivity index is 1.67. The van der Waals surface area contributed by atoms with E-state index in [1.165, 1.54) is 37.0 Å². The Labute approximate surface area is 253 Å². The van der Waals surface area contributed by atoms with Gasteiger partial charge in [0.15, 0.2) is 6.04 Å². The molecule has 0 bridgehead atoms. The van der Waals surface area contributed by atoms with Gasteiger partial charge >= 0.3 is 12.1 Å². The molecule has 1 saturated heterocycles. The SMILES string of the molecule is CC(C)(C)[C@H](NC(=O)C(F)(F)F)C(=O)N1C[C@H]2[C@@H]([C@H]1C(=O)NC(C#N)c1nncc3scc(C#C[Si](C)(C)C)c13)C2(C)C. The standard InChI is InChI=1S/C29H35F3N6O3SSi/c1-27(2,3)23(36-26(41)29(30,31)32)25(40)38-13-16-20(28(16,4)5)22(38)24(39)35-17(11-33)21-19-15(9-10-43(6,7)8)14-42-18(19)12-34-37-21/h12,14,16-17,20,22-23H,13H2,1-8H3,(H,35,39)(H,36,41)/t16-,17?,20-,22-,23+/m0/s1. The van der Waals surface area contributed by atoms with E-state index in [2.05, 4.69) is 52.7 Å². The highest BCUT2D eigenvalue weighted by atomic mass is 32.1. The lowest BCUT2D eigenvalue weighted by Crippen LogP contribution is -2.60. The number of fused-ring (bicyclic) bond motifs is 2. The van der Waals surface area contributed by atoms with Crippen molar-refractivity contribution in [1.82, 2.24) is 25.7 Å². The Bertz CT molecular complexity index is 1570. The molecule has 1 aliphatic heterocycles. The molecule has 3 heterocycles. The summed E-state index contributed by atoms with van der Waals surface area (Å²) in [7, 11) is -1.73. The summed E-state index contributed by atoms with van der Waals surface area (Å²) in [6.07, 6.45) is -3.62.